The molecule has 1 aliphatic rings. The van der Waals surface area contributed by atoms with Gasteiger partial charge in [-0.05, 0) is 23.2 Å². The second-order valence-electron chi connectivity index (χ2n) is 1.31. The van der Waals surface area contributed by atoms with E-state index in [1.165, 1.54) is 11.8 Å². The van der Waals surface area contributed by atoms with Crippen LogP contribution in [0.4, 0.5) is 0 Å². The van der Waals surface area contributed by atoms with Crippen molar-refractivity contribution in [3.8, 4) is 0 Å². The first kappa shape index (κ1) is 4.65. The zero-order valence-electron chi connectivity index (χ0n) is 3.85. The molecule has 2 N–H and O–H groups in total. The molecule has 2 heteroatoms. The lowest BCUT2D eigenvalue weighted by Gasteiger charge is -1.76. The van der Waals surface area contributed by atoms with E-state index in [0.29, 0.717) is 0 Å². The van der Waals surface area contributed by atoms with Crippen molar-refractivity contribution in [3.05, 3.63) is 23.6 Å². The van der Waals surface area contributed by atoms with Crippen LogP contribution in [0.25, 0.3) is 0 Å². The van der Waals surface area contributed by atoms with Crippen molar-refractivity contribution in [1.29, 1.82) is 0 Å². The third-order valence-corrected chi connectivity index (χ3v) is 1.57. The van der Waals surface area contributed by atoms with Crippen LogP contribution in [0, 0.1) is 0 Å². The summed E-state index contributed by atoms with van der Waals surface area (Å²) in [5, 5.41) is 8.14. The SMILES string of the molecule is C=C1C=CSC1=[NH2+]. The number of nitrogens with two attached hydrogens (primary N) is 1. The molecule has 0 fully saturated rings. The number of rotatable bonds is 0. The average Bonchev–Trinajstić information content (AvgIpc) is 1.91. The van der Waals surface area contributed by atoms with E-state index in [0.717, 1.165) is 10.6 Å². The first-order valence-corrected chi connectivity index (χ1v) is 2.83. The minimum atomic E-state index is 0.819. The highest BCUT2D eigenvalue weighted by Crippen LogP contribution is 2.17. The molecule has 0 unspecified atom stereocenters. The molecule has 0 aromatic heterocycles. The van der Waals surface area contributed by atoms with Crippen LogP contribution in [0.15, 0.2) is 23.6 Å². The Balaban J connectivity index is 2.81. The normalized spacial score (nSPS) is 18.9. The molecular formula is C5H6NS+. The summed E-state index contributed by atoms with van der Waals surface area (Å²) in [4.78, 5) is 0. The third kappa shape index (κ3) is 0.747. The Labute approximate surface area is 46.6 Å². The molecule has 0 aromatic carbocycles. The van der Waals surface area contributed by atoms with Crippen molar-refractivity contribution in [1.82, 2.24) is 0 Å². The van der Waals surface area contributed by atoms with Gasteiger partial charge in [-0.25, -0.2) is 5.41 Å². The lowest BCUT2D eigenvalue weighted by Crippen LogP contribution is -2.36. The molecule has 36 valence electrons. The van der Waals surface area contributed by atoms with Crippen molar-refractivity contribution >= 4 is 16.8 Å². The van der Waals surface area contributed by atoms with E-state index < -0.39 is 0 Å². The average molecular weight is 112 g/mol. The van der Waals surface area contributed by atoms with Gasteiger partial charge in [-0.3, -0.25) is 0 Å². The van der Waals surface area contributed by atoms with E-state index in [1.807, 2.05) is 11.5 Å². The predicted molar refractivity (Wildman–Crippen MR) is 32.8 cm³/mol. The van der Waals surface area contributed by atoms with Crippen LogP contribution < -0.4 is 5.41 Å². The fourth-order valence-corrected chi connectivity index (χ4v) is 0.946. The summed E-state index contributed by atoms with van der Waals surface area (Å²) in [5.74, 6) is 0. The predicted octanol–water partition coefficient (Wildman–Crippen LogP) is -0.0393. The fourth-order valence-electron chi connectivity index (χ4n) is 0.347. The smallest absolute Gasteiger partial charge is 0.242 e. The molecule has 1 heterocycles. The maximum atomic E-state index is 5.40. The number of hydrogen-bond acceptors (Lipinski definition) is 1. The number of allylic oxidation sites excluding steroid dienone is 1. The lowest BCUT2D eigenvalue weighted by atomic mass is 10.3. The highest BCUT2D eigenvalue weighted by molar-refractivity contribution is 8.17. The maximum Gasteiger partial charge on any atom is 0.242 e. The molecule has 0 aliphatic carbocycles. The summed E-state index contributed by atoms with van der Waals surface area (Å²) >= 11 is 1.52. The van der Waals surface area contributed by atoms with Gasteiger partial charge >= 0.3 is 0 Å². The Bertz CT molecular complexity index is 146. The molecule has 0 spiro atoms. The molecular weight excluding hydrogens is 106 g/mol. The molecule has 1 nitrogen and oxygen atoms in total. The van der Waals surface area contributed by atoms with Crippen LogP contribution in [0.3, 0.4) is 0 Å². The molecule has 0 saturated heterocycles. The van der Waals surface area contributed by atoms with Gasteiger partial charge in [-0.15, -0.1) is 0 Å². The van der Waals surface area contributed by atoms with E-state index in [1.54, 1.807) is 0 Å². The van der Waals surface area contributed by atoms with Crippen molar-refractivity contribution in [2.75, 3.05) is 0 Å². The Morgan fingerprint density at radius 3 is 2.57 bits per heavy atom. The van der Waals surface area contributed by atoms with Gasteiger partial charge in [0.15, 0.2) is 0 Å². The lowest BCUT2D eigenvalue weighted by molar-refractivity contribution is -0.107. The topological polar surface area (TPSA) is 25.6 Å². The Morgan fingerprint density at radius 2 is 2.43 bits per heavy atom. The number of hydrogen-bond donors (Lipinski definition) is 1. The Morgan fingerprint density at radius 1 is 1.71 bits per heavy atom. The summed E-state index contributed by atoms with van der Waals surface area (Å²) < 4.78 is 0. The monoisotopic (exact) mass is 112 g/mol. The maximum absolute atomic E-state index is 5.40. The van der Waals surface area contributed by atoms with E-state index in [2.05, 4.69) is 6.58 Å². The summed E-state index contributed by atoms with van der Waals surface area (Å²) in [6.45, 7) is 3.67. The van der Waals surface area contributed by atoms with Gasteiger partial charge in [0, 0.05) is 5.57 Å². The quantitative estimate of drug-likeness (QED) is 0.467. The van der Waals surface area contributed by atoms with Crippen LogP contribution in [-0.2, 0) is 0 Å². The van der Waals surface area contributed by atoms with E-state index in [4.69, 9.17) is 5.41 Å². The molecule has 0 atom stereocenters. The zero-order chi connectivity index (χ0) is 5.28. The standard InChI is InChI=1S/C5H5NS/c1-4-2-3-7-5(4)6/h2-3,6H,1H2/p+1. The van der Waals surface area contributed by atoms with Gasteiger partial charge in [-0.1, -0.05) is 6.58 Å². The molecule has 0 saturated carbocycles. The second-order valence-corrected chi connectivity index (χ2v) is 2.26. The third-order valence-electron chi connectivity index (χ3n) is 0.781. The van der Waals surface area contributed by atoms with Crippen molar-refractivity contribution < 1.29 is 5.41 Å². The summed E-state index contributed by atoms with van der Waals surface area (Å²) in [6.07, 6.45) is 1.90. The van der Waals surface area contributed by atoms with Crippen molar-refractivity contribution in [3.63, 3.8) is 0 Å². The van der Waals surface area contributed by atoms with Gasteiger partial charge < -0.3 is 0 Å². The number of thioether (sulfide) groups is 1. The van der Waals surface area contributed by atoms with E-state index in [-0.39, 0.29) is 0 Å². The minimum Gasteiger partial charge on any atom is -0.248 e. The summed E-state index contributed by atoms with van der Waals surface area (Å²) in [6, 6.07) is 0. The van der Waals surface area contributed by atoms with Crippen molar-refractivity contribution in [2.45, 2.75) is 0 Å². The van der Waals surface area contributed by atoms with Crippen LogP contribution in [0.5, 0.6) is 0 Å². The Hall–Kier alpha value is -0.500. The zero-order valence-corrected chi connectivity index (χ0v) is 4.66. The van der Waals surface area contributed by atoms with Crippen LogP contribution in [0.2, 0.25) is 0 Å². The minimum absolute atomic E-state index is 0.819. The molecule has 7 heavy (non-hydrogen) atoms. The highest BCUT2D eigenvalue weighted by Gasteiger charge is 2.08. The first-order valence-electron chi connectivity index (χ1n) is 1.95. The van der Waals surface area contributed by atoms with Gasteiger partial charge in [0.1, 0.15) is 0 Å². The van der Waals surface area contributed by atoms with Gasteiger partial charge in [-0.2, -0.15) is 0 Å². The highest BCUT2D eigenvalue weighted by atomic mass is 32.2. The fraction of sp³-hybridized carbons (Fsp3) is 0. The molecule has 1 aliphatic heterocycles. The summed E-state index contributed by atoms with van der Waals surface area (Å²) in [7, 11) is 0. The van der Waals surface area contributed by atoms with Gasteiger partial charge in [0.25, 0.3) is 0 Å². The molecule has 0 bridgehead atoms. The van der Waals surface area contributed by atoms with Crippen LogP contribution in [-0.4, -0.2) is 5.04 Å². The molecule has 0 amide bonds. The van der Waals surface area contributed by atoms with Crippen molar-refractivity contribution in [2.24, 2.45) is 0 Å². The first-order chi connectivity index (χ1) is 3.30. The van der Waals surface area contributed by atoms with Gasteiger partial charge in [0.05, 0.1) is 0 Å². The Kier molecular flexibility index (Phi) is 1.02. The molecule has 0 radical (unpaired) electrons. The van der Waals surface area contributed by atoms with Gasteiger partial charge in [0.2, 0.25) is 5.04 Å². The van der Waals surface area contributed by atoms with Crippen LogP contribution in [0.1, 0.15) is 0 Å². The second kappa shape index (κ2) is 1.54. The van der Waals surface area contributed by atoms with Crippen LogP contribution >= 0.6 is 11.8 Å². The van der Waals surface area contributed by atoms with E-state index >= 15 is 0 Å². The summed E-state index contributed by atoms with van der Waals surface area (Å²) in [5.41, 5.74) is 0.935. The van der Waals surface area contributed by atoms with E-state index in [9.17, 15) is 0 Å². The molecule has 1 rings (SSSR count). The largest absolute Gasteiger partial charge is 0.248 e. The molecule has 0 aromatic rings.